The monoisotopic (exact) mass is 149 g/mol. The van der Waals surface area contributed by atoms with Crippen molar-refractivity contribution < 1.29 is 4.74 Å². The molecule has 2 nitrogen and oxygen atoms in total. The van der Waals surface area contributed by atoms with Crippen molar-refractivity contribution in [3.05, 3.63) is 36.1 Å². The molecule has 0 aromatic carbocycles. The zero-order chi connectivity index (χ0) is 8.69. The number of rotatable bonds is 3. The van der Waals surface area contributed by atoms with Gasteiger partial charge in [0.05, 0.1) is 18.8 Å². The number of hydrogen-bond acceptors (Lipinski definition) is 2. The Balaban J connectivity index is 4.52. The number of hydrogen-bond donors (Lipinski definition) is 0. The van der Waals surface area contributed by atoms with Crippen molar-refractivity contribution in [2.75, 3.05) is 7.11 Å². The van der Waals surface area contributed by atoms with Crippen molar-refractivity contribution in [3.8, 4) is 6.07 Å². The molecule has 11 heavy (non-hydrogen) atoms. The Morgan fingerprint density at radius 2 is 2.27 bits per heavy atom. The highest BCUT2D eigenvalue weighted by Crippen LogP contribution is 2.02. The van der Waals surface area contributed by atoms with E-state index in [0.717, 1.165) is 0 Å². The van der Waals surface area contributed by atoms with Crippen LogP contribution < -0.4 is 0 Å². The molecule has 0 aromatic rings. The van der Waals surface area contributed by atoms with E-state index in [1.54, 1.807) is 19.3 Å². The number of methoxy groups -OCH3 is 1. The Morgan fingerprint density at radius 3 is 2.55 bits per heavy atom. The minimum atomic E-state index is 0.500. The largest absolute Gasteiger partial charge is 0.497 e. The van der Waals surface area contributed by atoms with Gasteiger partial charge in [-0.1, -0.05) is 12.7 Å². The fourth-order valence-electron chi connectivity index (χ4n) is 0.550. The molecule has 0 radical (unpaired) electrons. The van der Waals surface area contributed by atoms with Gasteiger partial charge < -0.3 is 4.74 Å². The topological polar surface area (TPSA) is 33.0 Å². The summed E-state index contributed by atoms with van der Waals surface area (Å²) in [7, 11) is 1.56. The molecule has 0 aliphatic rings. The van der Waals surface area contributed by atoms with E-state index in [4.69, 9.17) is 10.00 Å². The van der Waals surface area contributed by atoms with Crippen LogP contribution in [0.3, 0.4) is 0 Å². The molecule has 0 saturated heterocycles. The predicted octanol–water partition coefficient (Wildman–Crippen LogP) is 2.17. The molecule has 0 saturated carbocycles. The lowest BCUT2D eigenvalue weighted by molar-refractivity contribution is 0.306. The highest BCUT2D eigenvalue weighted by Gasteiger charge is 1.90. The summed E-state index contributed by atoms with van der Waals surface area (Å²) in [6, 6.07) is 1.97. The maximum Gasteiger partial charge on any atom is 0.115 e. The van der Waals surface area contributed by atoms with Crippen LogP contribution in [0.5, 0.6) is 0 Å². The van der Waals surface area contributed by atoms with Gasteiger partial charge in [-0.15, -0.1) is 0 Å². The second kappa shape index (κ2) is 5.31. The average Bonchev–Trinajstić information content (AvgIpc) is 2.07. The molecule has 0 aromatic heterocycles. The van der Waals surface area contributed by atoms with Crippen molar-refractivity contribution in [3.63, 3.8) is 0 Å². The van der Waals surface area contributed by atoms with Crippen molar-refractivity contribution in [2.24, 2.45) is 0 Å². The molecule has 0 heterocycles. The Hall–Kier alpha value is -1.49. The third-order valence-corrected chi connectivity index (χ3v) is 1.17. The van der Waals surface area contributed by atoms with Crippen molar-refractivity contribution in [2.45, 2.75) is 6.92 Å². The van der Waals surface area contributed by atoms with Crippen LogP contribution in [0.15, 0.2) is 36.1 Å². The Kier molecular flexibility index (Phi) is 4.59. The van der Waals surface area contributed by atoms with Crippen LogP contribution in [-0.4, -0.2) is 7.11 Å². The molecule has 0 N–H and O–H groups in total. The van der Waals surface area contributed by atoms with Crippen molar-refractivity contribution in [1.29, 1.82) is 5.26 Å². The number of nitrogens with zero attached hydrogens (tertiary/aromatic N) is 1. The molecule has 0 aliphatic heterocycles. The summed E-state index contributed by atoms with van der Waals surface area (Å²) in [5, 5.41) is 8.49. The van der Waals surface area contributed by atoms with Crippen LogP contribution in [-0.2, 0) is 4.74 Å². The molecule has 0 bridgehead atoms. The van der Waals surface area contributed by atoms with Gasteiger partial charge in [0.25, 0.3) is 0 Å². The first-order valence-corrected chi connectivity index (χ1v) is 3.23. The summed E-state index contributed by atoms with van der Waals surface area (Å²) in [5.74, 6) is 0.668. The van der Waals surface area contributed by atoms with Gasteiger partial charge in [0.2, 0.25) is 0 Å². The van der Waals surface area contributed by atoms with Crippen molar-refractivity contribution in [1.82, 2.24) is 0 Å². The predicted molar refractivity (Wildman–Crippen MR) is 44.7 cm³/mol. The van der Waals surface area contributed by atoms with Gasteiger partial charge in [0, 0.05) is 0 Å². The molecular formula is C9H11NO. The van der Waals surface area contributed by atoms with E-state index in [0.29, 0.717) is 11.3 Å². The van der Waals surface area contributed by atoms with E-state index in [9.17, 15) is 0 Å². The summed E-state index contributed by atoms with van der Waals surface area (Å²) in [5.41, 5.74) is 0.500. The summed E-state index contributed by atoms with van der Waals surface area (Å²) < 4.78 is 4.92. The fraction of sp³-hybridized carbons (Fsp3) is 0.222. The zero-order valence-corrected chi connectivity index (χ0v) is 6.79. The second-order valence-electron chi connectivity index (χ2n) is 1.81. The first-order valence-electron chi connectivity index (χ1n) is 3.23. The molecule has 0 atom stereocenters. The molecular weight excluding hydrogens is 138 g/mol. The molecule has 0 aliphatic carbocycles. The maximum atomic E-state index is 8.49. The second-order valence-corrected chi connectivity index (χ2v) is 1.81. The number of nitriles is 1. The van der Waals surface area contributed by atoms with Gasteiger partial charge in [0.15, 0.2) is 0 Å². The highest BCUT2D eigenvalue weighted by atomic mass is 16.5. The van der Waals surface area contributed by atoms with E-state index in [1.165, 1.54) is 6.08 Å². The van der Waals surface area contributed by atoms with Gasteiger partial charge >= 0.3 is 0 Å². The first-order chi connectivity index (χ1) is 5.28. The lowest BCUT2D eigenvalue weighted by Crippen LogP contribution is -1.82. The first kappa shape index (κ1) is 9.51. The normalized spacial score (nSPS) is 12.1. The van der Waals surface area contributed by atoms with E-state index in [2.05, 4.69) is 6.58 Å². The third kappa shape index (κ3) is 3.27. The van der Waals surface area contributed by atoms with Gasteiger partial charge in [-0.25, -0.2) is 0 Å². The summed E-state index contributed by atoms with van der Waals surface area (Å²) in [4.78, 5) is 0. The highest BCUT2D eigenvalue weighted by molar-refractivity contribution is 5.36. The van der Waals surface area contributed by atoms with Crippen LogP contribution in [0, 0.1) is 11.3 Å². The van der Waals surface area contributed by atoms with Crippen LogP contribution >= 0.6 is 0 Å². The Morgan fingerprint density at radius 1 is 1.64 bits per heavy atom. The van der Waals surface area contributed by atoms with Crippen LogP contribution in [0.1, 0.15) is 6.92 Å². The van der Waals surface area contributed by atoms with Gasteiger partial charge in [-0.3, -0.25) is 0 Å². The maximum absolute atomic E-state index is 8.49. The third-order valence-electron chi connectivity index (χ3n) is 1.17. The average molecular weight is 149 g/mol. The number of allylic oxidation sites excluding steroid dienone is 4. The molecule has 0 rings (SSSR count). The SMILES string of the molecule is C=C/C(C#N)=C\C(=C/C)OC. The Bertz CT molecular complexity index is 230. The van der Waals surface area contributed by atoms with Gasteiger partial charge in [-0.2, -0.15) is 5.26 Å². The fourth-order valence-corrected chi connectivity index (χ4v) is 0.550. The van der Waals surface area contributed by atoms with E-state index < -0.39 is 0 Å². The van der Waals surface area contributed by atoms with E-state index in [1.807, 2.05) is 13.0 Å². The molecule has 0 fully saturated rings. The van der Waals surface area contributed by atoms with E-state index in [-0.39, 0.29) is 0 Å². The lowest BCUT2D eigenvalue weighted by Gasteiger charge is -1.97. The van der Waals surface area contributed by atoms with Crippen LogP contribution in [0.2, 0.25) is 0 Å². The van der Waals surface area contributed by atoms with Gasteiger partial charge in [-0.05, 0) is 19.1 Å². The summed E-state index contributed by atoms with van der Waals surface area (Å²) in [6.45, 7) is 5.32. The Labute approximate surface area is 67.1 Å². The molecule has 0 unspecified atom stereocenters. The molecule has 58 valence electrons. The molecule has 2 heteroatoms. The zero-order valence-electron chi connectivity index (χ0n) is 6.79. The minimum absolute atomic E-state index is 0.500. The quantitative estimate of drug-likeness (QED) is 0.350. The lowest BCUT2D eigenvalue weighted by atomic mass is 10.2. The molecule has 0 spiro atoms. The van der Waals surface area contributed by atoms with Crippen LogP contribution in [0.4, 0.5) is 0 Å². The van der Waals surface area contributed by atoms with Crippen LogP contribution in [0.25, 0.3) is 0 Å². The summed E-state index contributed by atoms with van der Waals surface area (Å²) in [6.07, 6.45) is 4.90. The minimum Gasteiger partial charge on any atom is -0.497 e. The summed E-state index contributed by atoms with van der Waals surface area (Å²) >= 11 is 0. The van der Waals surface area contributed by atoms with E-state index >= 15 is 0 Å². The number of ether oxygens (including phenoxy) is 1. The molecule has 0 amide bonds. The standard InChI is InChI=1S/C9H11NO/c1-4-8(7-10)6-9(5-2)11-3/h4-6H,1H2,2-3H3/b8-6+,9-5+. The smallest absolute Gasteiger partial charge is 0.115 e. The van der Waals surface area contributed by atoms with Gasteiger partial charge in [0.1, 0.15) is 5.76 Å². The van der Waals surface area contributed by atoms with Crippen molar-refractivity contribution >= 4 is 0 Å².